The Kier molecular flexibility index (Phi) is 5.58. The molecule has 5 rings (SSSR count). The summed E-state index contributed by atoms with van der Waals surface area (Å²) in [5.41, 5.74) is 1.72. The second-order valence-corrected chi connectivity index (χ2v) is 8.41. The second-order valence-electron chi connectivity index (χ2n) is 7.97. The fraction of sp³-hybridized carbons (Fsp3) is 0.0769. The number of carbonyl (C=O) groups excluding carboxylic acids is 3. The molecule has 0 spiro atoms. The summed E-state index contributed by atoms with van der Waals surface area (Å²) in [6, 6.07) is 15.4. The van der Waals surface area contributed by atoms with Gasteiger partial charge in [-0.1, -0.05) is 17.7 Å². The lowest BCUT2D eigenvalue weighted by Gasteiger charge is -2.27. The van der Waals surface area contributed by atoms with Crippen molar-refractivity contribution >= 4 is 51.5 Å². The van der Waals surface area contributed by atoms with Gasteiger partial charge in [0.2, 0.25) is 11.7 Å². The third kappa shape index (κ3) is 4.04. The Bertz CT molecular complexity index is 1530. The second kappa shape index (κ2) is 8.73. The highest BCUT2D eigenvalue weighted by atomic mass is 35.5. The summed E-state index contributed by atoms with van der Waals surface area (Å²) >= 11 is 6.05. The van der Waals surface area contributed by atoms with Crippen LogP contribution in [0.5, 0.6) is 0 Å². The maximum absolute atomic E-state index is 13.6. The highest BCUT2D eigenvalue weighted by Crippen LogP contribution is 2.42. The number of hydrogen-bond acceptors (Lipinski definition) is 6. The summed E-state index contributed by atoms with van der Waals surface area (Å²) in [7, 11) is 0. The van der Waals surface area contributed by atoms with Crippen LogP contribution < -0.4 is 10.2 Å². The molecule has 1 atom stereocenters. The Morgan fingerprint density at radius 2 is 1.86 bits per heavy atom. The number of rotatable bonds is 5. The molecule has 0 saturated heterocycles. The average molecular weight is 488 g/mol. The summed E-state index contributed by atoms with van der Waals surface area (Å²) in [6.45, 7) is 1.37. The number of anilines is 2. The van der Waals surface area contributed by atoms with E-state index in [2.05, 4.69) is 10.3 Å². The van der Waals surface area contributed by atoms with Crippen LogP contribution in [0.25, 0.3) is 11.0 Å². The number of nitrogens with one attached hydrogen (secondary N) is 1. The van der Waals surface area contributed by atoms with E-state index in [1.54, 1.807) is 54.6 Å². The SMILES string of the molecule is CC(=O)Nc1cccc(N2C(=O)C(O)=C(C(=O)c3cc4cc(Cl)ccc4o3)C2c2ccncc2)c1. The van der Waals surface area contributed by atoms with Crippen molar-refractivity contribution in [2.45, 2.75) is 13.0 Å². The smallest absolute Gasteiger partial charge is 0.294 e. The number of nitrogens with zero attached hydrogens (tertiary/aromatic N) is 2. The minimum absolute atomic E-state index is 0.0375. The van der Waals surface area contributed by atoms with Crippen LogP contribution in [0.15, 0.2) is 88.8 Å². The van der Waals surface area contributed by atoms with Crippen LogP contribution in [0.4, 0.5) is 11.4 Å². The summed E-state index contributed by atoms with van der Waals surface area (Å²) in [6.07, 6.45) is 3.07. The van der Waals surface area contributed by atoms with Crippen LogP contribution in [0.3, 0.4) is 0 Å². The molecule has 9 heteroatoms. The Morgan fingerprint density at radius 3 is 2.60 bits per heavy atom. The molecule has 0 fully saturated rings. The zero-order chi connectivity index (χ0) is 24.7. The van der Waals surface area contributed by atoms with Crippen molar-refractivity contribution in [3.05, 3.63) is 101 Å². The van der Waals surface area contributed by atoms with Gasteiger partial charge in [-0.2, -0.15) is 0 Å². The first-order chi connectivity index (χ1) is 16.8. The number of fused-ring (bicyclic) bond motifs is 1. The largest absolute Gasteiger partial charge is 0.503 e. The number of amides is 2. The minimum Gasteiger partial charge on any atom is -0.503 e. The fourth-order valence-electron chi connectivity index (χ4n) is 4.16. The van der Waals surface area contributed by atoms with E-state index in [1.165, 1.54) is 30.3 Å². The van der Waals surface area contributed by atoms with Crippen LogP contribution in [0.1, 0.15) is 29.1 Å². The molecule has 2 aromatic heterocycles. The summed E-state index contributed by atoms with van der Waals surface area (Å²) in [5.74, 6) is -2.38. The van der Waals surface area contributed by atoms with Crippen LogP contribution >= 0.6 is 11.6 Å². The van der Waals surface area contributed by atoms with E-state index in [0.29, 0.717) is 32.9 Å². The Balaban J connectivity index is 1.63. The van der Waals surface area contributed by atoms with Gasteiger partial charge in [0.05, 0.1) is 11.6 Å². The molecule has 4 aromatic rings. The van der Waals surface area contributed by atoms with Crippen molar-refractivity contribution in [2.24, 2.45) is 0 Å². The molecule has 3 heterocycles. The number of hydrogen-bond donors (Lipinski definition) is 2. The Morgan fingerprint density at radius 1 is 1.09 bits per heavy atom. The van der Waals surface area contributed by atoms with Crippen molar-refractivity contribution in [3.8, 4) is 0 Å². The highest BCUT2D eigenvalue weighted by Gasteiger charge is 2.45. The first-order valence-corrected chi connectivity index (χ1v) is 11.0. The zero-order valence-corrected chi connectivity index (χ0v) is 19.1. The summed E-state index contributed by atoms with van der Waals surface area (Å²) < 4.78 is 5.73. The van der Waals surface area contributed by atoms with E-state index >= 15 is 0 Å². The van der Waals surface area contributed by atoms with E-state index < -0.39 is 23.5 Å². The molecular weight excluding hydrogens is 470 g/mol. The third-order valence-electron chi connectivity index (χ3n) is 5.62. The molecule has 1 aliphatic heterocycles. The van der Waals surface area contributed by atoms with Gasteiger partial charge in [0.15, 0.2) is 11.5 Å². The lowest BCUT2D eigenvalue weighted by atomic mass is 9.95. The number of pyridine rings is 1. The van der Waals surface area contributed by atoms with Crippen molar-refractivity contribution in [1.82, 2.24) is 4.98 Å². The van der Waals surface area contributed by atoms with Crippen molar-refractivity contribution in [2.75, 3.05) is 10.2 Å². The molecule has 0 aliphatic carbocycles. The fourth-order valence-corrected chi connectivity index (χ4v) is 4.34. The van der Waals surface area contributed by atoms with Crippen molar-refractivity contribution in [3.63, 3.8) is 0 Å². The molecule has 174 valence electrons. The van der Waals surface area contributed by atoms with Gasteiger partial charge >= 0.3 is 0 Å². The number of aromatic nitrogens is 1. The molecule has 2 N–H and O–H groups in total. The van der Waals surface area contributed by atoms with Crippen LogP contribution in [-0.4, -0.2) is 27.7 Å². The van der Waals surface area contributed by atoms with Gasteiger partial charge < -0.3 is 14.8 Å². The standard InChI is InChI=1S/C26H18ClN3O5/c1-14(31)29-18-3-2-4-19(13-18)30-23(15-7-9-28-10-8-15)22(25(33)26(30)34)24(32)21-12-16-11-17(27)5-6-20(16)35-21/h2-13,23,33H,1H3,(H,29,31). The van der Waals surface area contributed by atoms with Crippen LogP contribution in [0.2, 0.25) is 5.02 Å². The maximum Gasteiger partial charge on any atom is 0.294 e. The van der Waals surface area contributed by atoms with Gasteiger partial charge in [-0.25, -0.2) is 0 Å². The molecule has 1 aliphatic rings. The topological polar surface area (TPSA) is 113 Å². The first kappa shape index (κ1) is 22.4. The quantitative estimate of drug-likeness (QED) is 0.373. The molecule has 0 saturated carbocycles. The molecule has 2 aromatic carbocycles. The lowest BCUT2D eigenvalue weighted by Crippen LogP contribution is -2.31. The first-order valence-electron chi connectivity index (χ1n) is 10.6. The predicted octanol–water partition coefficient (Wildman–Crippen LogP) is 5.22. The van der Waals surface area contributed by atoms with Gasteiger partial charge in [0, 0.05) is 41.1 Å². The van der Waals surface area contributed by atoms with Gasteiger partial charge in [0.25, 0.3) is 5.91 Å². The number of aliphatic hydroxyl groups is 1. The summed E-state index contributed by atoms with van der Waals surface area (Å²) in [4.78, 5) is 43.8. The average Bonchev–Trinajstić information content (AvgIpc) is 3.37. The number of ketones is 1. The number of Topliss-reactive ketones (excluding diaryl/α,β-unsaturated/α-hetero) is 1. The highest BCUT2D eigenvalue weighted by molar-refractivity contribution is 6.31. The third-order valence-corrected chi connectivity index (χ3v) is 5.86. The Hall–Kier alpha value is -4.43. The minimum atomic E-state index is -0.956. The number of aliphatic hydroxyl groups excluding tert-OH is 1. The lowest BCUT2D eigenvalue weighted by molar-refractivity contribution is -0.117. The molecular formula is C26H18ClN3O5. The van der Waals surface area contributed by atoms with Gasteiger partial charge in [-0.15, -0.1) is 0 Å². The van der Waals surface area contributed by atoms with Gasteiger partial charge in [-0.3, -0.25) is 24.3 Å². The molecule has 1 unspecified atom stereocenters. The van der Waals surface area contributed by atoms with Gasteiger partial charge in [-0.05, 0) is 60.2 Å². The maximum atomic E-state index is 13.6. The van der Waals surface area contributed by atoms with Crippen LogP contribution in [-0.2, 0) is 9.59 Å². The number of furan rings is 1. The van der Waals surface area contributed by atoms with E-state index in [-0.39, 0.29) is 17.2 Å². The zero-order valence-electron chi connectivity index (χ0n) is 18.4. The number of halogens is 1. The molecule has 35 heavy (non-hydrogen) atoms. The molecule has 8 nitrogen and oxygen atoms in total. The van der Waals surface area contributed by atoms with E-state index in [1.807, 2.05) is 0 Å². The van der Waals surface area contributed by atoms with E-state index in [9.17, 15) is 19.5 Å². The summed E-state index contributed by atoms with van der Waals surface area (Å²) in [5, 5.41) is 14.7. The molecule has 2 amide bonds. The monoisotopic (exact) mass is 487 g/mol. The number of benzene rings is 2. The van der Waals surface area contributed by atoms with Gasteiger partial charge in [0.1, 0.15) is 5.58 Å². The van der Waals surface area contributed by atoms with E-state index in [0.717, 1.165) is 0 Å². The van der Waals surface area contributed by atoms with Crippen molar-refractivity contribution in [1.29, 1.82) is 0 Å². The Labute approximate surface area is 204 Å². The van der Waals surface area contributed by atoms with Crippen LogP contribution in [0, 0.1) is 0 Å². The number of carbonyl (C=O) groups is 3. The molecule has 0 bridgehead atoms. The van der Waals surface area contributed by atoms with E-state index in [4.69, 9.17) is 16.0 Å². The normalized spacial score (nSPS) is 15.7. The molecule has 0 radical (unpaired) electrons. The van der Waals surface area contributed by atoms with Crippen molar-refractivity contribution < 1.29 is 23.9 Å². The predicted molar refractivity (Wildman–Crippen MR) is 130 cm³/mol.